The highest BCUT2D eigenvalue weighted by atomic mass is 32.2. The Morgan fingerprint density at radius 1 is 1.58 bits per heavy atom. The van der Waals surface area contributed by atoms with Gasteiger partial charge in [-0.2, -0.15) is 0 Å². The van der Waals surface area contributed by atoms with E-state index in [1.54, 1.807) is 0 Å². The van der Waals surface area contributed by atoms with Crippen molar-refractivity contribution in [2.45, 2.75) is 6.42 Å². The molecule has 0 heterocycles. The van der Waals surface area contributed by atoms with Crippen LogP contribution in [0.3, 0.4) is 0 Å². The van der Waals surface area contributed by atoms with Crippen LogP contribution in [0, 0.1) is 0 Å². The van der Waals surface area contributed by atoms with Gasteiger partial charge in [0.25, 0.3) is 0 Å². The quantitative estimate of drug-likeness (QED) is 0.470. The molecule has 0 aromatic heterocycles. The van der Waals surface area contributed by atoms with Gasteiger partial charge in [0.1, 0.15) is 11.4 Å². The number of carboxylic acid groups (broad SMARTS) is 1. The van der Waals surface area contributed by atoms with Gasteiger partial charge in [0, 0.05) is 5.57 Å². The monoisotopic (exact) mass is 193 g/mol. The fourth-order valence-corrected chi connectivity index (χ4v) is 0.566. The molecule has 0 aromatic carbocycles. The zero-order valence-corrected chi connectivity index (χ0v) is 6.63. The van der Waals surface area contributed by atoms with Crippen LogP contribution in [0.2, 0.25) is 0 Å². The van der Waals surface area contributed by atoms with Gasteiger partial charge in [0.2, 0.25) is 0 Å². The SMILES string of the molecule is C=C(CC(=O)OS(=O)[O-])C(=O)O. The fraction of sp³-hybridized carbons (Fsp3) is 0.200. The molecule has 1 unspecified atom stereocenters. The molecule has 0 saturated carbocycles. The average molecular weight is 193 g/mol. The first-order chi connectivity index (χ1) is 5.43. The molecule has 12 heavy (non-hydrogen) atoms. The first-order valence-electron chi connectivity index (χ1n) is 2.65. The summed E-state index contributed by atoms with van der Waals surface area (Å²) in [6, 6.07) is 0. The maximum atomic E-state index is 10.4. The summed E-state index contributed by atoms with van der Waals surface area (Å²) in [5, 5.41) is 8.20. The van der Waals surface area contributed by atoms with Crippen molar-refractivity contribution in [2.75, 3.05) is 0 Å². The lowest BCUT2D eigenvalue weighted by molar-refractivity contribution is -0.137. The van der Waals surface area contributed by atoms with Crippen molar-refractivity contribution >= 4 is 23.3 Å². The van der Waals surface area contributed by atoms with E-state index in [0.717, 1.165) is 0 Å². The number of carboxylic acids is 1. The second kappa shape index (κ2) is 4.62. The maximum Gasteiger partial charge on any atom is 0.331 e. The van der Waals surface area contributed by atoms with E-state index < -0.39 is 35.3 Å². The molecular weight excluding hydrogens is 188 g/mol. The van der Waals surface area contributed by atoms with Crippen molar-refractivity contribution in [3.05, 3.63) is 12.2 Å². The average Bonchev–Trinajstić information content (AvgIpc) is 1.84. The minimum Gasteiger partial charge on any atom is -0.740 e. The molecule has 7 heteroatoms. The molecule has 0 aliphatic carbocycles. The van der Waals surface area contributed by atoms with E-state index in [-0.39, 0.29) is 0 Å². The lowest BCUT2D eigenvalue weighted by atomic mass is 10.2. The zero-order chi connectivity index (χ0) is 9.72. The van der Waals surface area contributed by atoms with Crippen molar-refractivity contribution < 1.29 is 27.6 Å². The van der Waals surface area contributed by atoms with Crippen molar-refractivity contribution in [3.8, 4) is 0 Å². The molecule has 0 aliphatic rings. The van der Waals surface area contributed by atoms with E-state index in [4.69, 9.17) is 5.11 Å². The molecule has 6 nitrogen and oxygen atoms in total. The molecule has 1 atom stereocenters. The minimum atomic E-state index is -2.96. The third-order valence-corrected chi connectivity index (χ3v) is 1.14. The van der Waals surface area contributed by atoms with Gasteiger partial charge < -0.3 is 13.8 Å². The Labute approximate surface area is 70.3 Å². The fourth-order valence-electron chi connectivity index (χ4n) is 0.355. The van der Waals surface area contributed by atoms with Crippen molar-refractivity contribution in [1.29, 1.82) is 0 Å². The van der Waals surface area contributed by atoms with Gasteiger partial charge in [-0.15, -0.1) is 0 Å². The number of hydrogen-bond acceptors (Lipinski definition) is 5. The van der Waals surface area contributed by atoms with Crippen LogP contribution >= 0.6 is 0 Å². The van der Waals surface area contributed by atoms with Gasteiger partial charge in [0.15, 0.2) is 0 Å². The minimum absolute atomic E-state index is 0.426. The Balaban J connectivity index is 3.94. The number of rotatable bonds is 4. The predicted molar refractivity (Wildman–Crippen MR) is 36.4 cm³/mol. The highest BCUT2D eigenvalue weighted by molar-refractivity contribution is 7.74. The van der Waals surface area contributed by atoms with Crippen molar-refractivity contribution in [1.82, 2.24) is 0 Å². The Kier molecular flexibility index (Phi) is 4.16. The summed E-state index contributed by atoms with van der Waals surface area (Å²) < 4.78 is 23.1. The normalized spacial score (nSPS) is 11.8. The molecule has 0 radical (unpaired) electrons. The second-order valence-corrected chi connectivity index (χ2v) is 2.32. The van der Waals surface area contributed by atoms with Gasteiger partial charge in [-0.05, 0) is 0 Å². The highest BCUT2D eigenvalue weighted by Crippen LogP contribution is 2.00. The highest BCUT2D eigenvalue weighted by Gasteiger charge is 2.11. The first-order valence-corrected chi connectivity index (χ1v) is 3.65. The predicted octanol–water partition coefficient (Wildman–Crippen LogP) is -0.645. The van der Waals surface area contributed by atoms with Gasteiger partial charge in [-0.3, -0.25) is 4.79 Å². The topological polar surface area (TPSA) is 104 Å². The zero-order valence-electron chi connectivity index (χ0n) is 5.81. The van der Waals surface area contributed by atoms with Crippen molar-refractivity contribution in [3.63, 3.8) is 0 Å². The number of carbonyl (C=O) groups is 2. The summed E-state index contributed by atoms with van der Waals surface area (Å²) in [7, 11) is 0. The van der Waals surface area contributed by atoms with E-state index >= 15 is 0 Å². The molecule has 68 valence electrons. The molecule has 0 aromatic rings. The lowest BCUT2D eigenvalue weighted by Gasteiger charge is -2.04. The van der Waals surface area contributed by atoms with Crippen LogP contribution in [0.5, 0.6) is 0 Å². The van der Waals surface area contributed by atoms with Crippen LogP contribution in [0.1, 0.15) is 6.42 Å². The van der Waals surface area contributed by atoms with Gasteiger partial charge in [-0.25, -0.2) is 9.00 Å². The molecule has 0 spiro atoms. The third-order valence-electron chi connectivity index (χ3n) is 0.821. The first kappa shape index (κ1) is 10.8. The summed E-state index contributed by atoms with van der Waals surface area (Å²) in [5.74, 6) is -2.54. The summed E-state index contributed by atoms with van der Waals surface area (Å²) >= 11 is -2.96. The second-order valence-electron chi connectivity index (χ2n) is 1.74. The molecule has 0 fully saturated rings. The standard InChI is InChI=1S/C5H6O6S/c1-3(5(7)8)2-4(6)11-12(9)10/h1-2H2,(H,7,8)(H,9,10)/p-1. The molecule has 1 N–H and O–H groups in total. The Morgan fingerprint density at radius 3 is 2.42 bits per heavy atom. The van der Waals surface area contributed by atoms with Crippen LogP contribution in [0.25, 0.3) is 0 Å². The Morgan fingerprint density at radius 2 is 2.08 bits per heavy atom. The number of hydrogen-bond donors (Lipinski definition) is 1. The van der Waals surface area contributed by atoms with Gasteiger partial charge in [0.05, 0.1) is 6.42 Å². The molecular formula is C5H5O6S-. The van der Waals surface area contributed by atoms with Crippen LogP contribution in [0.4, 0.5) is 0 Å². The lowest BCUT2D eigenvalue weighted by Crippen LogP contribution is -2.10. The molecule has 0 amide bonds. The number of carbonyl (C=O) groups excluding carboxylic acids is 1. The summed E-state index contributed by atoms with van der Waals surface area (Å²) in [5.41, 5.74) is -0.426. The van der Waals surface area contributed by atoms with Crippen molar-refractivity contribution in [2.24, 2.45) is 0 Å². The van der Waals surface area contributed by atoms with E-state index in [1.807, 2.05) is 0 Å². The molecule has 0 saturated heterocycles. The summed E-state index contributed by atoms with van der Waals surface area (Å²) in [4.78, 5) is 20.5. The molecule has 0 bridgehead atoms. The Bertz CT molecular complexity index is 244. The van der Waals surface area contributed by atoms with Gasteiger partial charge in [-0.1, -0.05) is 6.58 Å². The van der Waals surface area contributed by atoms with Crippen LogP contribution in [0.15, 0.2) is 12.2 Å². The Hall–Kier alpha value is -1.21. The van der Waals surface area contributed by atoms with E-state index in [9.17, 15) is 18.4 Å². The van der Waals surface area contributed by atoms with E-state index in [2.05, 4.69) is 10.8 Å². The van der Waals surface area contributed by atoms with E-state index in [1.165, 1.54) is 0 Å². The van der Waals surface area contributed by atoms with Crippen LogP contribution < -0.4 is 0 Å². The van der Waals surface area contributed by atoms with Crippen LogP contribution in [-0.4, -0.2) is 25.8 Å². The third kappa shape index (κ3) is 4.58. The molecule has 0 aliphatic heterocycles. The summed E-state index contributed by atoms with van der Waals surface area (Å²) in [6.07, 6.45) is -0.649. The smallest absolute Gasteiger partial charge is 0.331 e. The van der Waals surface area contributed by atoms with E-state index in [0.29, 0.717) is 0 Å². The van der Waals surface area contributed by atoms with Gasteiger partial charge >= 0.3 is 11.9 Å². The number of aliphatic carboxylic acids is 1. The molecule has 0 rings (SSSR count). The maximum absolute atomic E-state index is 10.4. The largest absolute Gasteiger partial charge is 0.740 e. The van der Waals surface area contributed by atoms with Crippen LogP contribution in [-0.2, 0) is 25.1 Å². The summed E-state index contributed by atoms with van der Waals surface area (Å²) in [6.45, 7) is 3.00.